The Morgan fingerprint density at radius 3 is 2.44 bits per heavy atom. The molecule has 2 aliphatic rings. The van der Waals surface area contributed by atoms with E-state index in [0.717, 1.165) is 19.4 Å². The summed E-state index contributed by atoms with van der Waals surface area (Å²) in [5.41, 5.74) is 5.51. The van der Waals surface area contributed by atoms with E-state index < -0.39 is 5.54 Å². The van der Waals surface area contributed by atoms with Crippen molar-refractivity contribution in [2.24, 2.45) is 11.7 Å². The van der Waals surface area contributed by atoms with Gasteiger partial charge in [0.2, 0.25) is 0 Å². The van der Waals surface area contributed by atoms with Crippen LogP contribution in [-0.4, -0.2) is 56.4 Å². The largest absolute Gasteiger partial charge is 0.468 e. The Kier molecular flexibility index (Phi) is 4.25. The zero-order valence-electron chi connectivity index (χ0n) is 11.4. The lowest BCUT2D eigenvalue weighted by molar-refractivity contribution is -0.149. The van der Waals surface area contributed by atoms with E-state index >= 15 is 0 Å². The Morgan fingerprint density at radius 2 is 2.00 bits per heavy atom. The van der Waals surface area contributed by atoms with E-state index in [4.69, 9.17) is 15.2 Å². The molecule has 0 aliphatic heterocycles. The van der Waals surface area contributed by atoms with Gasteiger partial charge in [0.25, 0.3) is 0 Å². The van der Waals surface area contributed by atoms with Gasteiger partial charge in [0.15, 0.2) is 0 Å². The fourth-order valence-electron chi connectivity index (χ4n) is 2.52. The molecule has 0 spiro atoms. The molecule has 2 fully saturated rings. The molecule has 2 saturated carbocycles. The van der Waals surface area contributed by atoms with Gasteiger partial charge >= 0.3 is 5.97 Å². The Balaban J connectivity index is 1.99. The average Bonchev–Trinajstić information content (AvgIpc) is 3.21. The van der Waals surface area contributed by atoms with Crippen LogP contribution in [0.4, 0.5) is 0 Å². The first-order chi connectivity index (χ1) is 8.61. The number of nitrogens with two attached hydrogens (primary N) is 1. The Bertz CT molecular complexity index is 303. The lowest BCUT2D eigenvalue weighted by atomic mass is 9.93. The molecule has 2 N–H and O–H groups in total. The van der Waals surface area contributed by atoms with Crippen molar-refractivity contribution in [2.45, 2.75) is 37.3 Å². The number of methoxy groups -OCH3 is 2. The molecule has 5 heteroatoms. The van der Waals surface area contributed by atoms with Gasteiger partial charge in [0.05, 0.1) is 13.7 Å². The first-order valence-corrected chi connectivity index (χ1v) is 6.72. The predicted octanol–water partition coefficient (Wildman–Crippen LogP) is 0.378. The van der Waals surface area contributed by atoms with Crippen LogP contribution in [0, 0.1) is 5.92 Å². The number of carbonyl (C=O) groups is 1. The standard InChI is InChI=1S/C13H24N2O3/c1-17-8-7-15(11-5-6-11)9-13(14,10-3-4-10)12(16)18-2/h10-11H,3-9,14H2,1-2H3. The van der Waals surface area contributed by atoms with Gasteiger partial charge in [-0.15, -0.1) is 0 Å². The lowest BCUT2D eigenvalue weighted by Gasteiger charge is -2.33. The molecular formula is C13H24N2O3. The summed E-state index contributed by atoms with van der Waals surface area (Å²) in [6.45, 7) is 2.11. The number of nitrogens with zero attached hydrogens (tertiary/aromatic N) is 1. The third kappa shape index (κ3) is 3.02. The van der Waals surface area contributed by atoms with Gasteiger partial charge in [-0.1, -0.05) is 0 Å². The number of carbonyl (C=O) groups excluding carboxylic acids is 1. The highest BCUT2D eigenvalue weighted by Crippen LogP contribution is 2.40. The van der Waals surface area contributed by atoms with Crippen LogP contribution in [0.1, 0.15) is 25.7 Å². The second kappa shape index (κ2) is 5.55. The van der Waals surface area contributed by atoms with Gasteiger partial charge in [0, 0.05) is 26.2 Å². The zero-order chi connectivity index (χ0) is 13.2. The molecule has 18 heavy (non-hydrogen) atoms. The normalized spacial score (nSPS) is 22.9. The maximum atomic E-state index is 12.0. The molecule has 0 aromatic heterocycles. The quantitative estimate of drug-likeness (QED) is 0.636. The number of hydrogen-bond acceptors (Lipinski definition) is 5. The van der Waals surface area contributed by atoms with E-state index in [2.05, 4.69) is 4.90 Å². The smallest absolute Gasteiger partial charge is 0.327 e. The molecule has 104 valence electrons. The van der Waals surface area contributed by atoms with E-state index in [1.54, 1.807) is 7.11 Å². The predicted molar refractivity (Wildman–Crippen MR) is 68.1 cm³/mol. The molecule has 2 rings (SSSR count). The van der Waals surface area contributed by atoms with Crippen LogP contribution < -0.4 is 5.73 Å². The van der Waals surface area contributed by atoms with Gasteiger partial charge in [-0.25, -0.2) is 0 Å². The molecule has 0 aromatic carbocycles. The maximum Gasteiger partial charge on any atom is 0.327 e. The lowest BCUT2D eigenvalue weighted by Crippen LogP contribution is -2.59. The topological polar surface area (TPSA) is 64.8 Å². The van der Waals surface area contributed by atoms with Crippen LogP contribution in [-0.2, 0) is 14.3 Å². The summed E-state index contributed by atoms with van der Waals surface area (Å²) < 4.78 is 10.0. The minimum absolute atomic E-state index is 0.270. The van der Waals surface area contributed by atoms with E-state index in [1.165, 1.54) is 20.0 Å². The van der Waals surface area contributed by atoms with Gasteiger partial charge in [-0.2, -0.15) is 0 Å². The maximum absolute atomic E-state index is 12.0. The summed E-state index contributed by atoms with van der Waals surface area (Å²) in [6, 6.07) is 0.575. The van der Waals surface area contributed by atoms with E-state index in [1.807, 2.05) is 0 Å². The molecule has 1 unspecified atom stereocenters. The molecule has 2 aliphatic carbocycles. The van der Waals surface area contributed by atoms with Gasteiger partial charge in [-0.3, -0.25) is 9.69 Å². The first kappa shape index (κ1) is 13.8. The van der Waals surface area contributed by atoms with Crippen molar-refractivity contribution in [3.63, 3.8) is 0 Å². The number of ether oxygens (including phenoxy) is 2. The van der Waals surface area contributed by atoms with Crippen LogP contribution in [0.25, 0.3) is 0 Å². The number of esters is 1. The van der Waals surface area contributed by atoms with Crippen molar-refractivity contribution in [1.29, 1.82) is 0 Å². The minimum Gasteiger partial charge on any atom is -0.468 e. The average molecular weight is 256 g/mol. The Hall–Kier alpha value is -0.650. The van der Waals surface area contributed by atoms with Crippen LogP contribution in [0.3, 0.4) is 0 Å². The van der Waals surface area contributed by atoms with E-state index in [9.17, 15) is 4.79 Å². The Labute approximate surface area is 109 Å². The Morgan fingerprint density at radius 1 is 1.33 bits per heavy atom. The summed E-state index contributed by atoms with van der Waals surface area (Å²) in [6.07, 6.45) is 4.47. The third-order valence-corrected chi connectivity index (χ3v) is 3.98. The third-order valence-electron chi connectivity index (χ3n) is 3.98. The summed E-state index contributed by atoms with van der Waals surface area (Å²) in [7, 11) is 3.12. The molecule has 0 aromatic rings. The number of hydrogen-bond donors (Lipinski definition) is 1. The molecule has 0 heterocycles. The SMILES string of the molecule is COCCN(CC(N)(C(=O)OC)C1CC1)C1CC1. The van der Waals surface area contributed by atoms with Crippen molar-refractivity contribution < 1.29 is 14.3 Å². The van der Waals surface area contributed by atoms with Crippen molar-refractivity contribution in [1.82, 2.24) is 4.90 Å². The minimum atomic E-state index is -0.828. The molecule has 5 nitrogen and oxygen atoms in total. The second-order valence-electron chi connectivity index (χ2n) is 5.50. The molecule has 0 saturated heterocycles. The second-order valence-corrected chi connectivity index (χ2v) is 5.50. The van der Waals surface area contributed by atoms with Crippen LogP contribution in [0.5, 0.6) is 0 Å². The highest BCUT2D eigenvalue weighted by molar-refractivity contribution is 5.81. The summed E-state index contributed by atoms with van der Waals surface area (Å²) in [4.78, 5) is 14.3. The van der Waals surface area contributed by atoms with Crippen LogP contribution in [0.2, 0.25) is 0 Å². The molecule has 0 amide bonds. The fraction of sp³-hybridized carbons (Fsp3) is 0.923. The van der Waals surface area contributed by atoms with Crippen molar-refractivity contribution in [3.05, 3.63) is 0 Å². The monoisotopic (exact) mass is 256 g/mol. The summed E-state index contributed by atoms with van der Waals surface area (Å²) in [5.74, 6) is 0.0156. The number of rotatable bonds is 8. The molecule has 0 bridgehead atoms. The van der Waals surface area contributed by atoms with E-state index in [-0.39, 0.29) is 11.9 Å². The summed E-state index contributed by atoms with van der Waals surface area (Å²) >= 11 is 0. The first-order valence-electron chi connectivity index (χ1n) is 6.72. The van der Waals surface area contributed by atoms with E-state index in [0.29, 0.717) is 19.2 Å². The zero-order valence-corrected chi connectivity index (χ0v) is 11.4. The van der Waals surface area contributed by atoms with Gasteiger partial charge < -0.3 is 15.2 Å². The fourth-order valence-corrected chi connectivity index (χ4v) is 2.52. The van der Waals surface area contributed by atoms with Crippen molar-refractivity contribution in [3.8, 4) is 0 Å². The highest BCUT2D eigenvalue weighted by Gasteiger charge is 2.51. The molecular weight excluding hydrogens is 232 g/mol. The molecule has 0 radical (unpaired) electrons. The summed E-state index contributed by atoms with van der Waals surface area (Å²) in [5, 5.41) is 0. The van der Waals surface area contributed by atoms with Crippen molar-refractivity contribution in [2.75, 3.05) is 33.9 Å². The van der Waals surface area contributed by atoms with Crippen LogP contribution in [0.15, 0.2) is 0 Å². The van der Waals surface area contributed by atoms with Crippen molar-refractivity contribution >= 4 is 5.97 Å². The highest BCUT2D eigenvalue weighted by atomic mass is 16.5. The molecule has 1 atom stereocenters. The van der Waals surface area contributed by atoms with Crippen LogP contribution >= 0.6 is 0 Å². The van der Waals surface area contributed by atoms with Gasteiger partial charge in [0.1, 0.15) is 5.54 Å². The van der Waals surface area contributed by atoms with Gasteiger partial charge in [-0.05, 0) is 31.6 Å².